The van der Waals surface area contributed by atoms with Crippen LogP contribution in [0.3, 0.4) is 0 Å². The van der Waals surface area contributed by atoms with Crippen molar-refractivity contribution in [2.45, 2.75) is 6.42 Å². The summed E-state index contributed by atoms with van der Waals surface area (Å²) in [5.74, 6) is -0.459. The highest BCUT2D eigenvalue weighted by Crippen LogP contribution is 2.26. The molecule has 2 heterocycles. The number of hydrazone groups is 1. The van der Waals surface area contributed by atoms with E-state index in [1.54, 1.807) is 11.3 Å². The van der Waals surface area contributed by atoms with Crippen LogP contribution in [-0.4, -0.2) is 11.6 Å². The number of primary amides is 1. The lowest BCUT2D eigenvalue weighted by atomic mass is 10.1. The van der Waals surface area contributed by atoms with Crippen molar-refractivity contribution in [3.05, 3.63) is 17.0 Å². The molecule has 0 spiro atoms. The summed E-state index contributed by atoms with van der Waals surface area (Å²) in [6.45, 7) is 0. The van der Waals surface area contributed by atoms with E-state index < -0.39 is 5.91 Å². The normalized spacial score (nSPS) is 14.5. The number of hydrogen-bond donors (Lipinski definition) is 2. The lowest BCUT2D eigenvalue weighted by Gasteiger charge is -2.10. The fraction of sp³-hybridized carbons (Fsp3) is 0.143. The maximum absolute atomic E-state index is 10.7. The van der Waals surface area contributed by atoms with Gasteiger partial charge in [0.15, 0.2) is 0 Å². The van der Waals surface area contributed by atoms with Gasteiger partial charge >= 0.3 is 0 Å². The summed E-state index contributed by atoms with van der Waals surface area (Å²) in [6.07, 6.45) is 0.543. The number of carbonyl (C=O) groups is 1. The number of rotatable bonds is 1. The minimum Gasteiger partial charge on any atom is -0.364 e. The molecule has 4 nitrogen and oxygen atoms in total. The van der Waals surface area contributed by atoms with Gasteiger partial charge in [-0.2, -0.15) is 5.10 Å². The van der Waals surface area contributed by atoms with E-state index >= 15 is 0 Å². The van der Waals surface area contributed by atoms with E-state index in [2.05, 4.69) is 10.5 Å². The highest BCUT2D eigenvalue weighted by atomic mass is 32.1. The summed E-state index contributed by atoms with van der Waals surface area (Å²) in [7, 11) is 0. The molecule has 0 saturated carbocycles. The molecule has 62 valence electrons. The Bertz CT molecular complexity index is 355. The van der Waals surface area contributed by atoms with Gasteiger partial charge in [0.2, 0.25) is 0 Å². The van der Waals surface area contributed by atoms with E-state index in [9.17, 15) is 4.79 Å². The van der Waals surface area contributed by atoms with Gasteiger partial charge in [-0.3, -0.25) is 10.2 Å². The van der Waals surface area contributed by atoms with Gasteiger partial charge in [0, 0.05) is 6.42 Å². The predicted octanol–water partition coefficient (Wildman–Crippen LogP) is 0.557. The molecular weight excluding hydrogens is 174 g/mol. The van der Waals surface area contributed by atoms with E-state index in [4.69, 9.17) is 5.73 Å². The zero-order chi connectivity index (χ0) is 8.55. The van der Waals surface area contributed by atoms with Crippen molar-refractivity contribution in [1.82, 2.24) is 0 Å². The van der Waals surface area contributed by atoms with Gasteiger partial charge in [-0.1, -0.05) is 0 Å². The van der Waals surface area contributed by atoms with Crippen molar-refractivity contribution in [3.8, 4) is 0 Å². The summed E-state index contributed by atoms with van der Waals surface area (Å²) in [5, 5.41) is 6.80. The molecule has 0 bridgehead atoms. The molecule has 0 aliphatic carbocycles. The molecule has 1 amide bonds. The molecule has 0 radical (unpaired) electrons. The van der Waals surface area contributed by atoms with Crippen LogP contribution in [0.4, 0.5) is 5.00 Å². The maximum Gasteiger partial charge on any atom is 0.265 e. The lowest BCUT2D eigenvalue weighted by molar-refractivity contribution is -0.112. The van der Waals surface area contributed by atoms with Crippen molar-refractivity contribution in [2.75, 3.05) is 5.43 Å². The molecule has 1 aliphatic rings. The van der Waals surface area contributed by atoms with E-state index in [1.165, 1.54) is 0 Å². The Hall–Kier alpha value is -1.36. The Morgan fingerprint density at radius 1 is 1.75 bits per heavy atom. The number of hydrogen-bond acceptors (Lipinski definition) is 4. The monoisotopic (exact) mass is 181 g/mol. The average molecular weight is 181 g/mol. The standard InChI is InChI=1S/C7H7N3OS/c8-6(11)5-3-4-1-2-12-7(4)10-9-5/h1-2,10H,3H2,(H2,8,11). The summed E-state index contributed by atoms with van der Waals surface area (Å²) >= 11 is 1.57. The van der Waals surface area contributed by atoms with Crippen LogP contribution in [0, 0.1) is 0 Å². The Morgan fingerprint density at radius 2 is 2.58 bits per heavy atom. The van der Waals surface area contributed by atoms with Gasteiger partial charge in [0.25, 0.3) is 5.91 Å². The van der Waals surface area contributed by atoms with Crippen LogP contribution in [0.25, 0.3) is 0 Å². The number of nitrogens with zero attached hydrogens (tertiary/aromatic N) is 1. The number of nitrogens with two attached hydrogens (primary N) is 1. The van der Waals surface area contributed by atoms with Crippen LogP contribution in [0.15, 0.2) is 16.5 Å². The van der Waals surface area contributed by atoms with Crippen molar-refractivity contribution < 1.29 is 4.79 Å². The third kappa shape index (κ3) is 1.08. The van der Waals surface area contributed by atoms with Gasteiger partial charge in [0.1, 0.15) is 10.7 Å². The van der Waals surface area contributed by atoms with Crippen molar-refractivity contribution in [1.29, 1.82) is 0 Å². The highest BCUT2D eigenvalue weighted by molar-refractivity contribution is 7.14. The van der Waals surface area contributed by atoms with Gasteiger partial charge in [0.05, 0.1) is 0 Å². The first-order valence-electron chi connectivity index (χ1n) is 3.46. The van der Waals surface area contributed by atoms with E-state index in [0.717, 1.165) is 10.6 Å². The first-order chi connectivity index (χ1) is 5.77. The minimum atomic E-state index is -0.459. The molecular formula is C7H7N3OS. The summed E-state index contributed by atoms with van der Waals surface area (Å²) in [6, 6.07) is 1.96. The van der Waals surface area contributed by atoms with Crippen molar-refractivity contribution in [3.63, 3.8) is 0 Å². The molecule has 12 heavy (non-hydrogen) atoms. The molecule has 1 aromatic rings. The Labute approximate surface area is 73.1 Å². The Balaban J connectivity index is 2.29. The summed E-state index contributed by atoms with van der Waals surface area (Å²) in [4.78, 5) is 10.7. The SMILES string of the molecule is NC(=O)C1=NNc2sccc2C1. The molecule has 0 saturated heterocycles. The van der Waals surface area contributed by atoms with Gasteiger partial charge in [-0.15, -0.1) is 11.3 Å². The second kappa shape index (κ2) is 2.60. The highest BCUT2D eigenvalue weighted by Gasteiger charge is 2.16. The Morgan fingerprint density at radius 3 is 3.33 bits per heavy atom. The molecule has 0 fully saturated rings. The zero-order valence-corrected chi connectivity index (χ0v) is 7.02. The third-order valence-electron chi connectivity index (χ3n) is 1.68. The third-order valence-corrected chi connectivity index (χ3v) is 2.54. The molecule has 1 aromatic heterocycles. The van der Waals surface area contributed by atoms with E-state index in [1.807, 2.05) is 11.4 Å². The smallest absolute Gasteiger partial charge is 0.265 e. The predicted molar refractivity (Wildman–Crippen MR) is 48.3 cm³/mol. The number of thiophene rings is 1. The molecule has 0 atom stereocenters. The number of fused-ring (bicyclic) bond motifs is 1. The maximum atomic E-state index is 10.7. The van der Waals surface area contributed by atoms with E-state index in [-0.39, 0.29) is 0 Å². The minimum absolute atomic E-state index is 0.390. The zero-order valence-electron chi connectivity index (χ0n) is 6.20. The first kappa shape index (κ1) is 7.30. The lowest BCUT2D eigenvalue weighted by Crippen LogP contribution is -2.28. The number of amides is 1. The van der Waals surface area contributed by atoms with E-state index in [0.29, 0.717) is 12.1 Å². The summed E-state index contributed by atoms with van der Waals surface area (Å²) in [5.41, 5.74) is 9.34. The largest absolute Gasteiger partial charge is 0.364 e. The van der Waals surface area contributed by atoms with Gasteiger partial charge < -0.3 is 5.73 Å². The molecule has 2 rings (SSSR count). The van der Waals surface area contributed by atoms with Crippen molar-refractivity contribution in [2.24, 2.45) is 10.8 Å². The van der Waals surface area contributed by atoms with Crippen LogP contribution in [-0.2, 0) is 11.2 Å². The molecule has 5 heteroatoms. The molecule has 0 aromatic carbocycles. The summed E-state index contributed by atoms with van der Waals surface area (Å²) < 4.78 is 0. The Kier molecular flexibility index (Phi) is 1.58. The first-order valence-corrected chi connectivity index (χ1v) is 4.34. The van der Waals surface area contributed by atoms with Crippen LogP contribution < -0.4 is 11.2 Å². The fourth-order valence-electron chi connectivity index (χ4n) is 1.05. The fourth-order valence-corrected chi connectivity index (χ4v) is 1.81. The second-order valence-electron chi connectivity index (χ2n) is 2.49. The molecule has 3 N–H and O–H groups in total. The second-order valence-corrected chi connectivity index (χ2v) is 3.40. The van der Waals surface area contributed by atoms with Crippen LogP contribution >= 0.6 is 11.3 Å². The van der Waals surface area contributed by atoms with Crippen LogP contribution in [0.2, 0.25) is 0 Å². The average Bonchev–Trinajstić information content (AvgIpc) is 2.49. The number of anilines is 1. The number of nitrogens with one attached hydrogen (secondary N) is 1. The quantitative estimate of drug-likeness (QED) is 0.664. The van der Waals surface area contributed by atoms with Gasteiger partial charge in [-0.05, 0) is 17.0 Å². The molecule has 0 unspecified atom stereocenters. The number of carbonyl (C=O) groups excluding carboxylic acids is 1. The van der Waals surface area contributed by atoms with Gasteiger partial charge in [-0.25, -0.2) is 0 Å². The van der Waals surface area contributed by atoms with Crippen molar-refractivity contribution >= 4 is 28.0 Å². The topological polar surface area (TPSA) is 67.5 Å². The molecule has 1 aliphatic heterocycles. The van der Waals surface area contributed by atoms with Crippen LogP contribution in [0.1, 0.15) is 5.56 Å². The van der Waals surface area contributed by atoms with Crippen LogP contribution in [0.5, 0.6) is 0 Å².